The lowest BCUT2D eigenvalue weighted by molar-refractivity contribution is -0.174. The fourth-order valence-corrected chi connectivity index (χ4v) is 6.11. The number of esters is 1. The third-order valence-corrected chi connectivity index (χ3v) is 8.92. The van der Waals surface area contributed by atoms with Crippen LogP contribution < -0.4 is 0 Å². The van der Waals surface area contributed by atoms with Gasteiger partial charge >= 0.3 is 5.97 Å². The van der Waals surface area contributed by atoms with Gasteiger partial charge in [0.2, 0.25) is 0 Å². The zero-order valence-electron chi connectivity index (χ0n) is 19.4. The summed E-state index contributed by atoms with van der Waals surface area (Å²) in [6.07, 6.45) is 4.41. The van der Waals surface area contributed by atoms with Gasteiger partial charge in [0.15, 0.2) is 5.60 Å². The summed E-state index contributed by atoms with van der Waals surface area (Å²) in [6, 6.07) is 19.3. The number of hydrogen-bond acceptors (Lipinski definition) is 3. The highest BCUT2D eigenvalue weighted by molar-refractivity contribution is 5.96. The first-order valence-electron chi connectivity index (χ1n) is 11.9. The van der Waals surface area contributed by atoms with Crippen molar-refractivity contribution in [3.63, 3.8) is 0 Å². The zero-order valence-corrected chi connectivity index (χ0v) is 19.4. The van der Waals surface area contributed by atoms with Gasteiger partial charge in [0.25, 0.3) is 5.91 Å². The van der Waals surface area contributed by atoms with Gasteiger partial charge in [0.05, 0.1) is 5.41 Å². The predicted molar refractivity (Wildman–Crippen MR) is 125 cm³/mol. The van der Waals surface area contributed by atoms with Crippen molar-refractivity contribution in [3.8, 4) is 11.1 Å². The first kappa shape index (κ1) is 21.2. The van der Waals surface area contributed by atoms with Crippen LogP contribution in [0.3, 0.4) is 0 Å². The smallest absolute Gasteiger partial charge is 0.313 e. The Labute approximate surface area is 191 Å². The molecule has 2 heterocycles. The van der Waals surface area contributed by atoms with Crippen molar-refractivity contribution < 1.29 is 14.3 Å². The number of fused-ring (bicyclic) bond motifs is 2. The second-order valence-electron chi connectivity index (χ2n) is 10.7. The molecule has 2 atom stereocenters. The van der Waals surface area contributed by atoms with E-state index in [0.717, 1.165) is 38.8 Å². The number of ether oxygens (including phenoxy) is 1. The monoisotopic (exact) mass is 431 g/mol. The van der Waals surface area contributed by atoms with E-state index in [1.165, 1.54) is 16.7 Å². The molecular weight excluding hydrogens is 398 g/mol. The Morgan fingerprint density at radius 3 is 2.12 bits per heavy atom. The Morgan fingerprint density at radius 1 is 0.938 bits per heavy atom. The largest absolute Gasteiger partial charge is 0.448 e. The fraction of sp³-hybridized carbons (Fsp3) is 0.500. The van der Waals surface area contributed by atoms with Crippen LogP contribution in [0.1, 0.15) is 52.0 Å². The van der Waals surface area contributed by atoms with Crippen molar-refractivity contribution in [1.29, 1.82) is 0 Å². The van der Waals surface area contributed by atoms with E-state index in [1.807, 2.05) is 31.7 Å². The van der Waals surface area contributed by atoms with Crippen molar-refractivity contribution in [2.24, 2.45) is 16.7 Å². The fourth-order valence-electron chi connectivity index (χ4n) is 6.11. The number of carbonyl (C=O) groups excluding carboxylic acids is 2. The number of hydrogen-bond donors (Lipinski definition) is 0. The summed E-state index contributed by atoms with van der Waals surface area (Å²) >= 11 is 0. The average molecular weight is 432 g/mol. The summed E-state index contributed by atoms with van der Waals surface area (Å²) in [4.78, 5) is 28.1. The summed E-state index contributed by atoms with van der Waals surface area (Å²) in [5.41, 5.74) is 1.85. The second kappa shape index (κ2) is 7.47. The molecule has 0 radical (unpaired) electrons. The van der Waals surface area contributed by atoms with Crippen LogP contribution in [-0.2, 0) is 20.7 Å². The minimum atomic E-state index is -0.973. The quantitative estimate of drug-likeness (QED) is 0.621. The van der Waals surface area contributed by atoms with Gasteiger partial charge in [0, 0.05) is 18.5 Å². The van der Waals surface area contributed by atoms with E-state index < -0.39 is 16.4 Å². The Balaban J connectivity index is 1.21. The number of benzene rings is 2. The maximum atomic E-state index is 13.6. The number of rotatable bonds is 4. The summed E-state index contributed by atoms with van der Waals surface area (Å²) < 4.78 is 5.82. The molecule has 168 valence electrons. The van der Waals surface area contributed by atoms with Gasteiger partial charge in [-0.15, -0.1) is 0 Å². The third kappa shape index (κ3) is 3.02. The molecule has 5 rings (SSSR count). The summed E-state index contributed by atoms with van der Waals surface area (Å²) in [6.45, 7) is 7.53. The standard InChI is InChI=1S/C28H33NO3/c1-26(2)27(3)15-16-28(26,32-25(27)31)24(30)29-17-13-21(14-18-29)19-20-9-11-23(12-10-20)22-7-5-4-6-8-22/h4-12,21H,13-19H2,1-3H3/t27-,28-/m0/s1. The number of nitrogens with zero attached hydrogens (tertiary/aromatic N) is 1. The van der Waals surface area contributed by atoms with Gasteiger partial charge in [-0.2, -0.15) is 0 Å². The van der Waals surface area contributed by atoms with Crippen LogP contribution in [0.15, 0.2) is 54.6 Å². The van der Waals surface area contributed by atoms with Gasteiger partial charge in [-0.3, -0.25) is 9.59 Å². The van der Waals surface area contributed by atoms with Crippen molar-refractivity contribution in [1.82, 2.24) is 4.90 Å². The molecule has 4 heteroatoms. The van der Waals surface area contributed by atoms with E-state index in [4.69, 9.17) is 4.74 Å². The second-order valence-corrected chi connectivity index (χ2v) is 10.7. The number of piperidine rings is 1. The lowest BCUT2D eigenvalue weighted by Gasteiger charge is -2.41. The molecule has 3 aliphatic rings. The van der Waals surface area contributed by atoms with Gasteiger partial charge in [-0.25, -0.2) is 0 Å². The van der Waals surface area contributed by atoms with Gasteiger partial charge < -0.3 is 9.64 Å². The number of amides is 1. The van der Waals surface area contributed by atoms with Crippen LogP contribution in [0.2, 0.25) is 0 Å². The topological polar surface area (TPSA) is 46.6 Å². The highest BCUT2D eigenvalue weighted by atomic mass is 16.6. The SMILES string of the molecule is CC1(C)[C@@]2(C)CC[C@@]1(C(=O)N1CCC(Cc3ccc(-c4ccccc4)cc3)CC1)OC2=O. The normalized spacial score (nSPS) is 29.2. The third-order valence-electron chi connectivity index (χ3n) is 8.92. The highest BCUT2D eigenvalue weighted by Crippen LogP contribution is 2.66. The van der Waals surface area contributed by atoms with E-state index in [1.54, 1.807) is 0 Å². The molecule has 1 saturated carbocycles. The molecule has 4 nitrogen and oxygen atoms in total. The molecule has 0 spiro atoms. The predicted octanol–water partition coefficient (Wildman–Crippen LogP) is 5.26. The molecule has 2 saturated heterocycles. The average Bonchev–Trinajstić information content (AvgIpc) is 3.10. The molecule has 1 amide bonds. The van der Waals surface area contributed by atoms with Crippen molar-refractivity contribution in [2.75, 3.05) is 13.1 Å². The van der Waals surface area contributed by atoms with Crippen LogP contribution >= 0.6 is 0 Å². The van der Waals surface area contributed by atoms with E-state index in [9.17, 15) is 9.59 Å². The molecule has 2 bridgehead atoms. The van der Waals surface area contributed by atoms with E-state index in [2.05, 4.69) is 48.5 Å². The van der Waals surface area contributed by atoms with E-state index in [-0.39, 0.29) is 11.9 Å². The van der Waals surface area contributed by atoms with Crippen molar-refractivity contribution >= 4 is 11.9 Å². The van der Waals surface area contributed by atoms with Gasteiger partial charge in [-0.1, -0.05) is 68.4 Å². The van der Waals surface area contributed by atoms with Gasteiger partial charge in [-0.05, 0) is 61.6 Å². The molecule has 2 aromatic carbocycles. The first-order chi connectivity index (χ1) is 15.3. The first-order valence-corrected chi connectivity index (χ1v) is 11.9. The zero-order chi connectivity index (χ0) is 22.6. The Bertz CT molecular complexity index is 1020. The molecule has 0 unspecified atom stereocenters. The van der Waals surface area contributed by atoms with Crippen LogP contribution in [0.4, 0.5) is 0 Å². The lowest BCUT2D eigenvalue weighted by Crippen LogP contribution is -2.56. The minimum Gasteiger partial charge on any atom is -0.448 e. The Hall–Kier alpha value is -2.62. The maximum Gasteiger partial charge on any atom is 0.313 e. The summed E-state index contributed by atoms with van der Waals surface area (Å²) in [5.74, 6) is 0.408. The van der Waals surface area contributed by atoms with Crippen molar-refractivity contribution in [2.45, 2.75) is 58.5 Å². The minimum absolute atomic E-state index is 0.0303. The Morgan fingerprint density at radius 2 is 1.56 bits per heavy atom. The van der Waals surface area contributed by atoms with Crippen LogP contribution in [0, 0.1) is 16.7 Å². The molecule has 0 aromatic heterocycles. The van der Waals surface area contributed by atoms with E-state index >= 15 is 0 Å². The van der Waals surface area contributed by atoms with Gasteiger partial charge in [0.1, 0.15) is 0 Å². The van der Waals surface area contributed by atoms with Crippen LogP contribution in [-0.4, -0.2) is 35.5 Å². The molecule has 2 aromatic rings. The lowest BCUT2D eigenvalue weighted by atomic mass is 9.66. The summed E-state index contributed by atoms with van der Waals surface area (Å²) in [5, 5.41) is 0. The van der Waals surface area contributed by atoms with E-state index in [0.29, 0.717) is 12.3 Å². The molecule has 2 aliphatic heterocycles. The number of likely N-dealkylation sites (tertiary alicyclic amines) is 1. The maximum absolute atomic E-state index is 13.6. The Kier molecular flexibility index (Phi) is 4.96. The molecule has 0 N–H and O–H groups in total. The molecule has 1 aliphatic carbocycles. The number of carbonyl (C=O) groups is 2. The highest BCUT2D eigenvalue weighted by Gasteiger charge is 2.76. The molecule has 3 fully saturated rings. The van der Waals surface area contributed by atoms with Crippen molar-refractivity contribution in [3.05, 3.63) is 60.2 Å². The van der Waals surface area contributed by atoms with Crippen LogP contribution in [0.25, 0.3) is 11.1 Å². The van der Waals surface area contributed by atoms with Crippen LogP contribution in [0.5, 0.6) is 0 Å². The molecular formula is C28H33NO3. The molecule has 32 heavy (non-hydrogen) atoms. The summed E-state index contributed by atoms with van der Waals surface area (Å²) in [7, 11) is 0.